The van der Waals surface area contributed by atoms with Gasteiger partial charge in [-0.15, -0.1) is 0 Å². The average Bonchev–Trinajstić information content (AvgIpc) is 2.39. The van der Waals surface area contributed by atoms with Gasteiger partial charge in [0, 0.05) is 24.4 Å². The van der Waals surface area contributed by atoms with Crippen LogP contribution in [0.2, 0.25) is 0 Å². The highest BCUT2D eigenvalue weighted by molar-refractivity contribution is 5.46. The van der Waals surface area contributed by atoms with Gasteiger partial charge < -0.3 is 5.32 Å². The Hall–Kier alpha value is -2.50. The van der Waals surface area contributed by atoms with Gasteiger partial charge in [0.2, 0.25) is 0 Å². The lowest BCUT2D eigenvalue weighted by Gasteiger charge is -2.07. The molecular weight excluding hydrogens is 249 g/mol. The zero-order valence-corrected chi connectivity index (χ0v) is 10.3. The van der Waals surface area contributed by atoms with Crippen LogP contribution in [0.25, 0.3) is 0 Å². The van der Waals surface area contributed by atoms with E-state index >= 15 is 0 Å². The fourth-order valence-corrected chi connectivity index (χ4v) is 1.68. The zero-order valence-electron chi connectivity index (χ0n) is 10.3. The highest BCUT2D eigenvalue weighted by Gasteiger charge is 2.11. The topological polar surface area (TPSA) is 68.1 Å². The summed E-state index contributed by atoms with van der Waals surface area (Å²) in [4.78, 5) is 14.0. The summed E-state index contributed by atoms with van der Waals surface area (Å²) in [7, 11) is 0. The van der Waals surface area contributed by atoms with Gasteiger partial charge in [-0.05, 0) is 18.6 Å². The molecule has 0 aliphatic rings. The van der Waals surface area contributed by atoms with Crippen LogP contribution in [0.1, 0.15) is 11.1 Å². The van der Waals surface area contributed by atoms with E-state index in [0.717, 1.165) is 6.20 Å². The number of anilines is 1. The minimum absolute atomic E-state index is 0.0644. The summed E-state index contributed by atoms with van der Waals surface area (Å²) in [5.41, 5.74) is 1.70. The molecule has 1 N–H and O–H groups in total. The number of nitrogens with one attached hydrogen (secondary N) is 1. The van der Waals surface area contributed by atoms with Crippen molar-refractivity contribution in [1.82, 2.24) is 4.98 Å². The number of aryl methyl sites for hydroxylation is 1. The first-order valence-corrected chi connectivity index (χ1v) is 5.65. The standard InChI is InChI=1S/C13H12FN3O2/c1-9-2-3-10(6-13(9)17(18)19)7-16-12-4-5-15-8-11(12)14/h2-6,8H,7H2,1H3,(H,15,16). The van der Waals surface area contributed by atoms with Crippen molar-refractivity contribution < 1.29 is 9.31 Å². The maximum atomic E-state index is 13.3. The van der Waals surface area contributed by atoms with Crippen LogP contribution in [0.4, 0.5) is 15.8 Å². The molecule has 0 unspecified atom stereocenters. The normalized spacial score (nSPS) is 10.2. The number of pyridine rings is 1. The van der Waals surface area contributed by atoms with Crippen LogP contribution in [0.3, 0.4) is 0 Å². The number of benzene rings is 1. The van der Waals surface area contributed by atoms with Crippen molar-refractivity contribution in [2.24, 2.45) is 0 Å². The quantitative estimate of drug-likeness (QED) is 0.678. The number of nitrogens with zero attached hydrogens (tertiary/aromatic N) is 2. The Balaban J connectivity index is 2.14. The van der Waals surface area contributed by atoms with Gasteiger partial charge in [0.05, 0.1) is 16.8 Å². The molecule has 1 aromatic heterocycles. The monoisotopic (exact) mass is 261 g/mol. The zero-order chi connectivity index (χ0) is 13.8. The summed E-state index contributed by atoms with van der Waals surface area (Å²) in [6.45, 7) is 1.99. The van der Waals surface area contributed by atoms with E-state index < -0.39 is 10.7 Å². The first-order chi connectivity index (χ1) is 9.08. The van der Waals surface area contributed by atoms with E-state index in [1.807, 2.05) is 0 Å². The van der Waals surface area contributed by atoms with Gasteiger partial charge in [0.15, 0.2) is 5.82 Å². The number of nitro groups is 1. The second-order valence-corrected chi connectivity index (χ2v) is 4.09. The molecule has 1 aromatic carbocycles. The average molecular weight is 261 g/mol. The number of hydrogen-bond donors (Lipinski definition) is 1. The molecule has 0 atom stereocenters. The van der Waals surface area contributed by atoms with E-state index in [4.69, 9.17) is 0 Å². The van der Waals surface area contributed by atoms with Crippen LogP contribution >= 0.6 is 0 Å². The van der Waals surface area contributed by atoms with Crippen molar-refractivity contribution in [3.05, 3.63) is 63.7 Å². The third kappa shape index (κ3) is 3.04. The SMILES string of the molecule is Cc1ccc(CNc2ccncc2F)cc1[N+](=O)[O-]. The van der Waals surface area contributed by atoms with Crippen molar-refractivity contribution in [2.75, 3.05) is 5.32 Å². The molecule has 19 heavy (non-hydrogen) atoms. The number of rotatable bonds is 4. The van der Waals surface area contributed by atoms with Crippen LogP contribution in [-0.2, 0) is 6.54 Å². The molecule has 2 rings (SSSR count). The van der Waals surface area contributed by atoms with Gasteiger partial charge in [-0.1, -0.05) is 12.1 Å². The summed E-state index contributed by atoms with van der Waals surface area (Å²) >= 11 is 0. The van der Waals surface area contributed by atoms with E-state index in [1.165, 1.54) is 18.3 Å². The summed E-state index contributed by atoms with van der Waals surface area (Å²) in [5.74, 6) is -0.455. The summed E-state index contributed by atoms with van der Waals surface area (Å²) in [5, 5.41) is 13.7. The van der Waals surface area contributed by atoms with Crippen LogP contribution in [0.15, 0.2) is 36.7 Å². The fraction of sp³-hybridized carbons (Fsp3) is 0.154. The Bertz CT molecular complexity index is 617. The van der Waals surface area contributed by atoms with Crippen LogP contribution in [0.5, 0.6) is 0 Å². The van der Waals surface area contributed by atoms with Crippen molar-refractivity contribution >= 4 is 11.4 Å². The Labute approximate surface area is 109 Å². The maximum Gasteiger partial charge on any atom is 0.272 e. The Morgan fingerprint density at radius 1 is 1.42 bits per heavy atom. The summed E-state index contributed by atoms with van der Waals surface area (Å²) in [6, 6.07) is 6.45. The predicted molar refractivity (Wildman–Crippen MR) is 69.4 cm³/mol. The van der Waals surface area contributed by atoms with Crippen molar-refractivity contribution in [3.63, 3.8) is 0 Å². The first-order valence-electron chi connectivity index (χ1n) is 5.65. The number of aromatic nitrogens is 1. The molecule has 1 heterocycles. The van der Waals surface area contributed by atoms with E-state index in [2.05, 4.69) is 10.3 Å². The molecule has 5 nitrogen and oxygen atoms in total. The van der Waals surface area contributed by atoms with E-state index in [-0.39, 0.29) is 5.69 Å². The van der Waals surface area contributed by atoms with Gasteiger partial charge in [0.1, 0.15) is 0 Å². The molecule has 0 aliphatic heterocycles. The number of hydrogen-bond acceptors (Lipinski definition) is 4. The second-order valence-electron chi connectivity index (χ2n) is 4.09. The van der Waals surface area contributed by atoms with Gasteiger partial charge in [0.25, 0.3) is 5.69 Å². The highest BCUT2D eigenvalue weighted by atomic mass is 19.1. The molecule has 0 bridgehead atoms. The fourth-order valence-electron chi connectivity index (χ4n) is 1.68. The lowest BCUT2D eigenvalue weighted by Crippen LogP contribution is -2.03. The minimum Gasteiger partial charge on any atom is -0.379 e. The van der Waals surface area contributed by atoms with Crippen LogP contribution in [-0.4, -0.2) is 9.91 Å². The molecule has 98 valence electrons. The molecule has 0 radical (unpaired) electrons. The molecule has 0 saturated heterocycles. The molecule has 0 spiro atoms. The van der Waals surface area contributed by atoms with Gasteiger partial charge in [-0.2, -0.15) is 0 Å². The second kappa shape index (κ2) is 5.43. The van der Waals surface area contributed by atoms with E-state index in [9.17, 15) is 14.5 Å². The molecule has 0 fully saturated rings. The highest BCUT2D eigenvalue weighted by Crippen LogP contribution is 2.20. The lowest BCUT2D eigenvalue weighted by molar-refractivity contribution is -0.385. The van der Waals surface area contributed by atoms with Gasteiger partial charge in [-0.3, -0.25) is 15.1 Å². The lowest BCUT2D eigenvalue weighted by atomic mass is 10.1. The smallest absolute Gasteiger partial charge is 0.272 e. The molecule has 0 amide bonds. The number of nitro benzene ring substituents is 1. The van der Waals surface area contributed by atoms with Gasteiger partial charge in [-0.25, -0.2) is 4.39 Å². The molecule has 2 aromatic rings. The Morgan fingerprint density at radius 2 is 2.21 bits per heavy atom. The predicted octanol–water partition coefficient (Wildman–Crippen LogP) is 3.05. The molecule has 0 saturated carbocycles. The summed E-state index contributed by atoms with van der Waals surface area (Å²) in [6.07, 6.45) is 2.59. The third-order valence-corrected chi connectivity index (χ3v) is 2.73. The van der Waals surface area contributed by atoms with Crippen molar-refractivity contribution in [2.45, 2.75) is 13.5 Å². The van der Waals surface area contributed by atoms with E-state index in [1.54, 1.807) is 19.1 Å². The van der Waals surface area contributed by atoms with Crippen LogP contribution < -0.4 is 5.32 Å². The first kappa shape index (κ1) is 12.9. The van der Waals surface area contributed by atoms with E-state index in [0.29, 0.717) is 23.4 Å². The van der Waals surface area contributed by atoms with Crippen molar-refractivity contribution in [3.8, 4) is 0 Å². The minimum atomic E-state index is -0.455. The van der Waals surface area contributed by atoms with Crippen LogP contribution in [0, 0.1) is 22.9 Å². The third-order valence-electron chi connectivity index (χ3n) is 2.73. The largest absolute Gasteiger partial charge is 0.379 e. The Kier molecular flexibility index (Phi) is 3.70. The molecule has 0 aliphatic carbocycles. The number of halogens is 1. The molecular formula is C13H12FN3O2. The molecule has 6 heteroatoms. The Morgan fingerprint density at radius 3 is 2.89 bits per heavy atom. The summed E-state index contributed by atoms with van der Waals surface area (Å²) < 4.78 is 13.3. The van der Waals surface area contributed by atoms with Gasteiger partial charge >= 0.3 is 0 Å². The maximum absolute atomic E-state index is 13.3. The van der Waals surface area contributed by atoms with Crippen molar-refractivity contribution in [1.29, 1.82) is 0 Å².